The van der Waals surface area contributed by atoms with Crippen molar-refractivity contribution >= 4 is 53.4 Å². The molecule has 0 bridgehead atoms. The topological polar surface area (TPSA) is 114 Å². The van der Waals surface area contributed by atoms with E-state index in [0.717, 1.165) is 12.6 Å². The third kappa shape index (κ3) is 9.41. The second-order valence-electron chi connectivity index (χ2n) is 8.66. The van der Waals surface area contributed by atoms with E-state index < -0.39 is 13.2 Å². The van der Waals surface area contributed by atoms with Gasteiger partial charge in [0.1, 0.15) is 23.2 Å². The molecule has 0 saturated carbocycles. The van der Waals surface area contributed by atoms with Crippen molar-refractivity contribution in [2.75, 3.05) is 32.8 Å². The summed E-state index contributed by atoms with van der Waals surface area (Å²) in [5.74, 6) is -0.653. The lowest BCUT2D eigenvalue weighted by molar-refractivity contribution is -0.121. The van der Waals surface area contributed by atoms with Crippen molar-refractivity contribution in [1.82, 2.24) is 10.2 Å². The normalized spacial score (nSPS) is 10.6. The van der Waals surface area contributed by atoms with E-state index in [9.17, 15) is 9.59 Å². The summed E-state index contributed by atoms with van der Waals surface area (Å²) in [6, 6.07) is 32.0. The number of carbonyl (C=O) groups is 2. The number of guanidine groups is 1. The van der Waals surface area contributed by atoms with Gasteiger partial charge in [-0.25, -0.2) is 0 Å². The van der Waals surface area contributed by atoms with Gasteiger partial charge < -0.3 is 29.2 Å². The van der Waals surface area contributed by atoms with Crippen molar-refractivity contribution in [3.8, 4) is 0 Å². The van der Waals surface area contributed by atoms with E-state index in [1.807, 2.05) is 18.2 Å². The first kappa shape index (κ1) is 33.1. The summed E-state index contributed by atoms with van der Waals surface area (Å²) < 4.78 is 0. The first-order valence-electron chi connectivity index (χ1n) is 12.0. The highest BCUT2D eigenvalue weighted by molar-refractivity contribution is 7.95. The van der Waals surface area contributed by atoms with Crippen LogP contribution in [-0.2, 0) is 9.59 Å². The highest BCUT2D eigenvalue weighted by Gasteiger charge is 2.44. The maximum absolute atomic E-state index is 12.6. The Morgan fingerprint density at radius 3 is 1.71 bits per heavy atom. The SMILES string of the molecule is CN(CCNC(=O)CCC[P+](c1ccccc1)(c1ccccc1)c1ccccc1)CC(=O)N=C(N)N.Cl.[Cl-]. The minimum atomic E-state index is -1.94. The molecule has 3 aromatic rings. The molecule has 0 aromatic heterocycles. The molecule has 5 N–H and O–H groups in total. The second kappa shape index (κ2) is 16.8. The van der Waals surface area contributed by atoms with E-state index in [1.165, 1.54) is 15.9 Å². The first-order chi connectivity index (χ1) is 17.4. The molecular weight excluding hydrogens is 540 g/mol. The Hall–Kier alpha value is -2.96. The molecule has 0 fully saturated rings. The minimum absolute atomic E-state index is 0. The number of hydrogen-bond acceptors (Lipinski definition) is 3. The highest BCUT2D eigenvalue weighted by Crippen LogP contribution is 2.55. The summed E-state index contributed by atoms with van der Waals surface area (Å²) in [7, 11) is -0.155. The van der Waals surface area contributed by atoms with E-state index >= 15 is 0 Å². The lowest BCUT2D eigenvalue weighted by Gasteiger charge is -2.27. The molecule has 0 aliphatic carbocycles. The third-order valence-corrected chi connectivity index (χ3v) is 10.5. The monoisotopic (exact) mass is 575 g/mol. The van der Waals surface area contributed by atoms with Gasteiger partial charge in [0, 0.05) is 19.5 Å². The molecule has 0 radical (unpaired) electrons. The molecule has 10 heteroatoms. The maximum Gasteiger partial charge on any atom is 0.263 e. The molecule has 38 heavy (non-hydrogen) atoms. The lowest BCUT2D eigenvalue weighted by atomic mass is 10.3. The average Bonchev–Trinajstić information content (AvgIpc) is 2.88. The van der Waals surface area contributed by atoms with Gasteiger partial charge in [-0.2, -0.15) is 4.99 Å². The van der Waals surface area contributed by atoms with Gasteiger partial charge in [0.05, 0.1) is 12.7 Å². The number of carbonyl (C=O) groups excluding carboxylic acids is 2. The molecule has 0 spiro atoms. The number of aliphatic imine (C=N–C) groups is 1. The number of nitrogens with two attached hydrogens (primary N) is 2. The van der Waals surface area contributed by atoms with Gasteiger partial charge in [-0.1, -0.05) is 54.6 Å². The largest absolute Gasteiger partial charge is 1.00 e. The Labute approximate surface area is 238 Å². The molecule has 3 aromatic carbocycles. The minimum Gasteiger partial charge on any atom is -1.00 e. The summed E-state index contributed by atoms with van der Waals surface area (Å²) in [4.78, 5) is 29.6. The predicted octanol–water partition coefficient (Wildman–Crippen LogP) is -0.965. The van der Waals surface area contributed by atoms with Gasteiger partial charge in [-0.05, 0) is 49.9 Å². The molecule has 0 unspecified atom stereocenters. The van der Waals surface area contributed by atoms with Gasteiger partial charge in [0.15, 0.2) is 5.96 Å². The summed E-state index contributed by atoms with van der Waals surface area (Å²) >= 11 is 0. The van der Waals surface area contributed by atoms with Crippen LogP contribution < -0.4 is 45.1 Å². The Kier molecular flexibility index (Phi) is 14.6. The molecule has 0 saturated heterocycles. The van der Waals surface area contributed by atoms with Crippen molar-refractivity contribution in [2.24, 2.45) is 16.5 Å². The van der Waals surface area contributed by atoms with Crippen molar-refractivity contribution in [3.63, 3.8) is 0 Å². The molecule has 0 aliphatic heterocycles. The fourth-order valence-corrected chi connectivity index (χ4v) is 8.67. The number of nitrogens with one attached hydrogen (secondary N) is 1. The van der Waals surface area contributed by atoms with Crippen LogP contribution in [0.3, 0.4) is 0 Å². The summed E-state index contributed by atoms with van der Waals surface area (Å²) in [5, 5.41) is 6.91. The molecule has 0 heterocycles. The fraction of sp³-hybridized carbons (Fsp3) is 0.250. The third-order valence-electron chi connectivity index (χ3n) is 5.96. The van der Waals surface area contributed by atoms with Gasteiger partial charge in [-0.3, -0.25) is 14.5 Å². The molecule has 3 rings (SSSR count). The quantitative estimate of drug-likeness (QED) is 0.146. The molecule has 204 valence electrons. The van der Waals surface area contributed by atoms with E-state index in [1.54, 1.807) is 11.9 Å². The molecule has 0 aliphatic rings. The zero-order valence-electron chi connectivity index (χ0n) is 21.5. The first-order valence-corrected chi connectivity index (χ1v) is 14.0. The Morgan fingerprint density at radius 2 is 1.29 bits per heavy atom. The number of halogens is 2. The Balaban J connectivity index is 0.00000361. The molecule has 2 amide bonds. The number of nitrogens with zero attached hydrogens (tertiary/aromatic N) is 2. The van der Waals surface area contributed by atoms with Crippen LogP contribution in [0.25, 0.3) is 0 Å². The fourth-order valence-electron chi connectivity index (χ4n) is 4.32. The van der Waals surface area contributed by atoms with E-state index in [2.05, 4.69) is 83.1 Å². The summed E-state index contributed by atoms with van der Waals surface area (Å²) in [6.45, 7) is 1.05. The summed E-state index contributed by atoms with van der Waals surface area (Å²) in [6.07, 6.45) is 2.09. The number of amides is 2. The highest BCUT2D eigenvalue weighted by atomic mass is 35.5. The predicted molar refractivity (Wildman–Crippen MR) is 158 cm³/mol. The van der Waals surface area contributed by atoms with Crippen LogP contribution in [0.4, 0.5) is 0 Å². The Morgan fingerprint density at radius 1 is 0.842 bits per heavy atom. The van der Waals surface area contributed by atoms with Crippen molar-refractivity contribution in [3.05, 3.63) is 91.0 Å². The van der Waals surface area contributed by atoms with Gasteiger partial charge in [-0.15, -0.1) is 12.4 Å². The van der Waals surface area contributed by atoms with Crippen molar-refractivity contribution in [1.29, 1.82) is 0 Å². The van der Waals surface area contributed by atoms with Gasteiger partial charge in [0.2, 0.25) is 5.91 Å². The van der Waals surface area contributed by atoms with Crippen LogP contribution in [0.2, 0.25) is 0 Å². The van der Waals surface area contributed by atoms with Crippen LogP contribution in [-0.4, -0.2) is 55.5 Å². The van der Waals surface area contributed by atoms with Crippen LogP contribution in [0.1, 0.15) is 12.8 Å². The molecular formula is C28H36Cl2N5O2P. The van der Waals surface area contributed by atoms with E-state index in [-0.39, 0.29) is 43.2 Å². The van der Waals surface area contributed by atoms with Crippen LogP contribution in [0.5, 0.6) is 0 Å². The van der Waals surface area contributed by atoms with Crippen LogP contribution in [0.15, 0.2) is 96.0 Å². The summed E-state index contributed by atoms with van der Waals surface area (Å²) in [5.41, 5.74) is 10.5. The Bertz CT molecular complexity index is 1050. The second-order valence-corrected chi connectivity index (χ2v) is 12.3. The number of rotatable bonds is 12. The van der Waals surface area contributed by atoms with E-state index in [0.29, 0.717) is 19.5 Å². The maximum atomic E-state index is 12.6. The molecule has 0 atom stereocenters. The standard InChI is InChI=1S/C28H34N5O2P.2ClH/c1-33(22-27(35)32-28(29)30)20-19-31-26(34)18-11-21-36(23-12-5-2-6-13-23,24-14-7-3-8-15-24)25-16-9-4-10-17-25;;/h2-10,12-17H,11,18-22H2,1H3,(H4-,29,30,31,32,34,35);2*1H. The van der Waals surface area contributed by atoms with Crippen molar-refractivity contribution < 1.29 is 22.0 Å². The van der Waals surface area contributed by atoms with Gasteiger partial charge >= 0.3 is 0 Å². The average molecular weight is 577 g/mol. The zero-order chi connectivity index (χ0) is 25.8. The van der Waals surface area contributed by atoms with Crippen molar-refractivity contribution in [2.45, 2.75) is 12.8 Å². The number of hydrogen-bond donors (Lipinski definition) is 3. The smallest absolute Gasteiger partial charge is 0.263 e. The zero-order valence-corrected chi connectivity index (χ0v) is 24.0. The van der Waals surface area contributed by atoms with E-state index in [4.69, 9.17) is 11.5 Å². The van der Waals surface area contributed by atoms with Gasteiger partial charge in [0.25, 0.3) is 5.91 Å². The lowest BCUT2D eigenvalue weighted by Crippen LogP contribution is -3.00. The number of likely N-dealkylation sites (N-methyl/N-ethyl adjacent to an activating group) is 1. The number of benzene rings is 3. The van der Waals surface area contributed by atoms with Crippen LogP contribution >= 0.6 is 19.7 Å². The van der Waals surface area contributed by atoms with Crippen LogP contribution in [0, 0.1) is 0 Å². The molecule has 7 nitrogen and oxygen atoms in total.